The third kappa shape index (κ3) is 3.41. The Bertz CT molecular complexity index is 482. The minimum absolute atomic E-state index is 0.755. The topological polar surface area (TPSA) is 38.1 Å². The van der Waals surface area contributed by atoms with Gasteiger partial charge in [-0.15, -0.1) is 0 Å². The molecule has 17 heavy (non-hydrogen) atoms. The highest BCUT2D eigenvalue weighted by molar-refractivity contribution is 9.10. The third-order valence-corrected chi connectivity index (χ3v) is 2.89. The molecule has 0 atom stereocenters. The van der Waals surface area contributed by atoms with Gasteiger partial charge in [-0.1, -0.05) is 40.1 Å². The Morgan fingerprint density at radius 2 is 2.24 bits per heavy atom. The van der Waals surface area contributed by atoms with Crippen molar-refractivity contribution in [2.24, 2.45) is 0 Å². The summed E-state index contributed by atoms with van der Waals surface area (Å²) in [5.74, 6) is 0.805. The molecule has 4 heteroatoms. The fourth-order valence-electron chi connectivity index (χ4n) is 1.57. The van der Waals surface area contributed by atoms with E-state index in [9.17, 15) is 0 Å². The van der Waals surface area contributed by atoms with Crippen molar-refractivity contribution in [3.8, 4) is 11.3 Å². The van der Waals surface area contributed by atoms with E-state index in [0.717, 1.165) is 41.0 Å². The largest absolute Gasteiger partial charge is 0.356 e. The summed E-state index contributed by atoms with van der Waals surface area (Å²) in [6.45, 7) is 3.90. The van der Waals surface area contributed by atoms with Crippen molar-refractivity contribution in [3.63, 3.8) is 0 Å². The highest BCUT2D eigenvalue weighted by Crippen LogP contribution is 2.23. The summed E-state index contributed by atoms with van der Waals surface area (Å²) in [4.78, 5) is 0. The van der Waals surface area contributed by atoms with Gasteiger partial charge in [0.05, 0.1) is 5.69 Å². The normalized spacial score (nSPS) is 10.7. The molecule has 1 heterocycles. The molecule has 90 valence electrons. The van der Waals surface area contributed by atoms with Gasteiger partial charge >= 0.3 is 0 Å². The van der Waals surface area contributed by atoms with Crippen LogP contribution in [0.2, 0.25) is 0 Å². The zero-order chi connectivity index (χ0) is 12.1. The van der Waals surface area contributed by atoms with Crippen LogP contribution in [-0.2, 0) is 6.54 Å². The highest BCUT2D eigenvalue weighted by atomic mass is 79.9. The van der Waals surface area contributed by atoms with Crippen LogP contribution in [0.5, 0.6) is 0 Å². The standard InChI is InChI=1S/C13H15BrN2O/c1-2-6-15-9-12-8-13(17-16-12)10-4-3-5-11(14)7-10/h3-5,7-8,15H,2,6,9H2,1H3. The van der Waals surface area contributed by atoms with Crippen molar-refractivity contribution >= 4 is 15.9 Å². The van der Waals surface area contributed by atoms with Gasteiger partial charge in [0.2, 0.25) is 0 Å². The minimum atomic E-state index is 0.755. The Labute approximate surface area is 109 Å². The molecule has 0 radical (unpaired) electrons. The lowest BCUT2D eigenvalue weighted by atomic mass is 10.1. The van der Waals surface area contributed by atoms with E-state index in [1.54, 1.807) is 0 Å². The van der Waals surface area contributed by atoms with Crippen LogP contribution in [0.3, 0.4) is 0 Å². The molecule has 0 saturated heterocycles. The number of halogens is 1. The number of rotatable bonds is 5. The molecule has 0 aliphatic rings. The van der Waals surface area contributed by atoms with E-state index >= 15 is 0 Å². The summed E-state index contributed by atoms with van der Waals surface area (Å²) in [5, 5.41) is 7.34. The van der Waals surface area contributed by atoms with Crippen molar-refractivity contribution in [2.75, 3.05) is 6.54 Å². The summed E-state index contributed by atoms with van der Waals surface area (Å²) < 4.78 is 6.36. The average molecular weight is 295 g/mol. The van der Waals surface area contributed by atoms with Gasteiger partial charge in [-0.05, 0) is 25.1 Å². The lowest BCUT2D eigenvalue weighted by Crippen LogP contribution is -2.13. The van der Waals surface area contributed by atoms with Gasteiger partial charge in [-0.25, -0.2) is 0 Å². The molecule has 0 amide bonds. The third-order valence-electron chi connectivity index (χ3n) is 2.40. The van der Waals surface area contributed by atoms with Crippen LogP contribution in [-0.4, -0.2) is 11.7 Å². The van der Waals surface area contributed by atoms with Crippen molar-refractivity contribution in [3.05, 3.63) is 40.5 Å². The maximum absolute atomic E-state index is 5.33. The van der Waals surface area contributed by atoms with Crippen molar-refractivity contribution < 1.29 is 4.52 Å². The quantitative estimate of drug-likeness (QED) is 0.856. The van der Waals surface area contributed by atoms with Crippen molar-refractivity contribution in [1.29, 1.82) is 0 Å². The van der Waals surface area contributed by atoms with E-state index in [1.807, 2.05) is 30.3 Å². The lowest BCUT2D eigenvalue weighted by Gasteiger charge is -1.97. The highest BCUT2D eigenvalue weighted by Gasteiger charge is 2.06. The Hall–Kier alpha value is -1.13. The Morgan fingerprint density at radius 3 is 3.00 bits per heavy atom. The predicted octanol–water partition coefficient (Wildman–Crippen LogP) is 3.60. The summed E-state index contributed by atoms with van der Waals surface area (Å²) in [6, 6.07) is 9.98. The molecule has 1 aromatic carbocycles. The van der Waals surface area contributed by atoms with Gasteiger partial charge in [0.25, 0.3) is 0 Å². The molecule has 2 aromatic rings. The van der Waals surface area contributed by atoms with Gasteiger partial charge < -0.3 is 9.84 Å². The molecular formula is C13H15BrN2O. The molecule has 3 nitrogen and oxygen atoms in total. The second kappa shape index (κ2) is 5.98. The van der Waals surface area contributed by atoms with E-state index < -0.39 is 0 Å². The zero-order valence-corrected chi connectivity index (χ0v) is 11.3. The fourth-order valence-corrected chi connectivity index (χ4v) is 1.97. The minimum Gasteiger partial charge on any atom is -0.356 e. The molecule has 0 spiro atoms. The van der Waals surface area contributed by atoms with Crippen LogP contribution in [0, 0.1) is 0 Å². The summed E-state index contributed by atoms with van der Waals surface area (Å²) in [6.07, 6.45) is 1.12. The molecule has 1 N–H and O–H groups in total. The van der Waals surface area contributed by atoms with Crippen LogP contribution >= 0.6 is 15.9 Å². The summed E-state index contributed by atoms with van der Waals surface area (Å²) >= 11 is 3.44. The predicted molar refractivity (Wildman–Crippen MR) is 71.6 cm³/mol. The van der Waals surface area contributed by atoms with E-state index in [1.165, 1.54) is 0 Å². The number of nitrogens with one attached hydrogen (secondary N) is 1. The Morgan fingerprint density at radius 1 is 1.35 bits per heavy atom. The second-order valence-corrected chi connectivity index (χ2v) is 4.79. The Balaban J connectivity index is 2.07. The molecular weight excluding hydrogens is 280 g/mol. The second-order valence-electron chi connectivity index (χ2n) is 3.87. The molecule has 1 aromatic heterocycles. The number of hydrogen-bond acceptors (Lipinski definition) is 3. The van der Waals surface area contributed by atoms with Gasteiger partial charge in [-0.3, -0.25) is 0 Å². The van der Waals surface area contributed by atoms with Crippen LogP contribution in [0.4, 0.5) is 0 Å². The van der Waals surface area contributed by atoms with E-state index in [-0.39, 0.29) is 0 Å². The number of hydrogen-bond donors (Lipinski definition) is 1. The van der Waals surface area contributed by atoms with Gasteiger partial charge in [-0.2, -0.15) is 0 Å². The maximum atomic E-state index is 5.33. The first-order valence-corrected chi connectivity index (χ1v) is 6.51. The van der Waals surface area contributed by atoms with Gasteiger partial charge in [0, 0.05) is 22.6 Å². The van der Waals surface area contributed by atoms with Gasteiger partial charge in [0.1, 0.15) is 0 Å². The molecule has 0 bridgehead atoms. The molecule has 0 aliphatic heterocycles. The van der Waals surface area contributed by atoms with Crippen LogP contribution < -0.4 is 5.32 Å². The lowest BCUT2D eigenvalue weighted by molar-refractivity contribution is 0.420. The first-order valence-electron chi connectivity index (χ1n) is 5.72. The zero-order valence-electron chi connectivity index (χ0n) is 9.74. The van der Waals surface area contributed by atoms with E-state index in [4.69, 9.17) is 4.52 Å². The van der Waals surface area contributed by atoms with Gasteiger partial charge in [0.15, 0.2) is 5.76 Å². The fraction of sp³-hybridized carbons (Fsp3) is 0.308. The molecule has 0 unspecified atom stereocenters. The van der Waals surface area contributed by atoms with Crippen LogP contribution in [0.1, 0.15) is 19.0 Å². The molecule has 0 fully saturated rings. The van der Waals surface area contributed by atoms with Crippen molar-refractivity contribution in [1.82, 2.24) is 10.5 Å². The number of nitrogens with zero attached hydrogens (tertiary/aromatic N) is 1. The summed E-state index contributed by atoms with van der Waals surface area (Å²) in [7, 11) is 0. The smallest absolute Gasteiger partial charge is 0.167 e. The van der Waals surface area contributed by atoms with Crippen LogP contribution in [0.15, 0.2) is 39.3 Å². The average Bonchev–Trinajstić information content (AvgIpc) is 2.78. The monoisotopic (exact) mass is 294 g/mol. The summed E-state index contributed by atoms with van der Waals surface area (Å²) in [5.41, 5.74) is 1.97. The molecule has 0 saturated carbocycles. The van der Waals surface area contributed by atoms with E-state index in [0.29, 0.717) is 0 Å². The number of benzene rings is 1. The molecule has 2 rings (SSSR count). The van der Waals surface area contributed by atoms with Crippen molar-refractivity contribution in [2.45, 2.75) is 19.9 Å². The van der Waals surface area contributed by atoms with Crippen LogP contribution in [0.25, 0.3) is 11.3 Å². The maximum Gasteiger partial charge on any atom is 0.167 e. The molecule has 0 aliphatic carbocycles. The first kappa shape index (κ1) is 12.3. The first-order chi connectivity index (χ1) is 8.29. The number of aromatic nitrogens is 1. The SMILES string of the molecule is CCCNCc1cc(-c2cccc(Br)c2)on1. The van der Waals surface area contributed by atoms with E-state index in [2.05, 4.69) is 33.3 Å². The Kier molecular flexibility index (Phi) is 4.34.